The molecular weight excluding hydrogens is 292 g/mol. The van der Waals surface area contributed by atoms with Crippen LogP contribution in [0.15, 0.2) is 16.5 Å². The summed E-state index contributed by atoms with van der Waals surface area (Å²) in [5, 5.41) is 3.11. The van der Waals surface area contributed by atoms with Gasteiger partial charge in [-0.25, -0.2) is 0 Å². The van der Waals surface area contributed by atoms with Crippen molar-refractivity contribution < 1.29 is 13.9 Å². The second kappa shape index (κ2) is 6.65. The fraction of sp³-hybridized carbons (Fsp3) is 0.722. The number of likely N-dealkylation sites (tertiary alicyclic amines) is 1. The first-order valence-electron chi connectivity index (χ1n) is 8.68. The van der Waals surface area contributed by atoms with E-state index < -0.39 is 0 Å². The normalized spacial score (nSPS) is 24.4. The monoisotopic (exact) mass is 320 g/mol. The van der Waals surface area contributed by atoms with Crippen molar-refractivity contribution in [3.63, 3.8) is 0 Å². The predicted octanol–water partition coefficient (Wildman–Crippen LogP) is 2.48. The summed E-state index contributed by atoms with van der Waals surface area (Å²) in [5.41, 5.74) is -0.0372. The Balaban J connectivity index is 1.48. The van der Waals surface area contributed by atoms with Gasteiger partial charge >= 0.3 is 0 Å². The average Bonchev–Trinajstić information content (AvgIpc) is 3.09. The Labute approximate surface area is 138 Å². The van der Waals surface area contributed by atoms with Crippen LogP contribution in [0.25, 0.3) is 0 Å². The van der Waals surface area contributed by atoms with Crippen LogP contribution in [-0.4, -0.2) is 42.1 Å². The highest BCUT2D eigenvalue weighted by Crippen LogP contribution is 2.36. The molecule has 2 aliphatic rings. The van der Waals surface area contributed by atoms with Gasteiger partial charge in [0.05, 0.1) is 24.8 Å². The average molecular weight is 320 g/mol. The number of amides is 1. The van der Waals surface area contributed by atoms with Gasteiger partial charge < -0.3 is 14.5 Å². The van der Waals surface area contributed by atoms with Gasteiger partial charge in [0.2, 0.25) is 5.91 Å². The summed E-state index contributed by atoms with van der Waals surface area (Å²) in [7, 11) is 0. The summed E-state index contributed by atoms with van der Waals surface area (Å²) < 4.78 is 11.8. The molecular formula is C18H28N2O3. The molecule has 1 aromatic rings. The standard InChI is InChI=1S/C18H28N2O3/c1-13(2)17(21)19-15-10-18(22-12-15)6-8-20(9-7-18)11-16-5-4-14(3)23-16/h4-5,13,15H,6-12H2,1-3H3,(H,19,21)/t15-/m1/s1. The van der Waals surface area contributed by atoms with Gasteiger partial charge in [0, 0.05) is 19.0 Å². The van der Waals surface area contributed by atoms with Gasteiger partial charge in [-0.3, -0.25) is 9.69 Å². The Kier molecular flexibility index (Phi) is 4.78. The lowest BCUT2D eigenvalue weighted by molar-refractivity contribution is -0.124. The molecule has 5 heteroatoms. The smallest absolute Gasteiger partial charge is 0.222 e. The topological polar surface area (TPSA) is 54.7 Å². The molecule has 0 aliphatic carbocycles. The summed E-state index contributed by atoms with van der Waals surface area (Å²) >= 11 is 0. The molecule has 2 aliphatic heterocycles. The molecule has 3 heterocycles. The lowest BCUT2D eigenvalue weighted by atomic mass is 9.87. The van der Waals surface area contributed by atoms with Gasteiger partial charge in [-0.2, -0.15) is 0 Å². The minimum Gasteiger partial charge on any atom is -0.465 e. The first kappa shape index (κ1) is 16.5. The number of ether oxygens (including phenoxy) is 1. The highest BCUT2D eigenvalue weighted by Gasteiger charge is 2.43. The number of hydrogen-bond donors (Lipinski definition) is 1. The Morgan fingerprint density at radius 2 is 2.13 bits per heavy atom. The van der Waals surface area contributed by atoms with Gasteiger partial charge in [0.25, 0.3) is 0 Å². The largest absolute Gasteiger partial charge is 0.465 e. The van der Waals surface area contributed by atoms with E-state index in [9.17, 15) is 4.79 Å². The highest BCUT2D eigenvalue weighted by atomic mass is 16.5. The molecule has 1 atom stereocenters. The van der Waals surface area contributed by atoms with Crippen molar-refractivity contribution in [2.24, 2.45) is 5.92 Å². The number of hydrogen-bond acceptors (Lipinski definition) is 4. The quantitative estimate of drug-likeness (QED) is 0.926. The number of nitrogens with zero attached hydrogens (tertiary/aromatic N) is 1. The lowest BCUT2D eigenvalue weighted by Gasteiger charge is -2.38. The van der Waals surface area contributed by atoms with Crippen LogP contribution in [0.4, 0.5) is 0 Å². The number of carbonyl (C=O) groups excluding carboxylic acids is 1. The number of aryl methyl sites for hydroxylation is 1. The maximum absolute atomic E-state index is 11.8. The molecule has 0 aromatic carbocycles. The van der Waals surface area contributed by atoms with E-state index in [1.165, 1.54) is 0 Å². The van der Waals surface area contributed by atoms with E-state index in [4.69, 9.17) is 9.15 Å². The fourth-order valence-corrected chi connectivity index (χ4v) is 3.56. The molecule has 23 heavy (non-hydrogen) atoms. The molecule has 3 rings (SSSR count). The maximum Gasteiger partial charge on any atom is 0.222 e. The van der Waals surface area contributed by atoms with Crippen molar-refractivity contribution in [1.82, 2.24) is 10.2 Å². The van der Waals surface area contributed by atoms with Gasteiger partial charge in [-0.05, 0) is 38.3 Å². The summed E-state index contributed by atoms with van der Waals surface area (Å²) in [4.78, 5) is 14.3. The molecule has 0 saturated carbocycles. The summed E-state index contributed by atoms with van der Waals surface area (Å²) in [6.45, 7) is 9.39. The molecule has 0 radical (unpaired) electrons. The third-order valence-electron chi connectivity index (χ3n) is 5.02. The number of rotatable bonds is 4. The molecule has 1 aromatic heterocycles. The third kappa shape index (κ3) is 3.96. The Hall–Kier alpha value is -1.33. The second-order valence-corrected chi connectivity index (χ2v) is 7.35. The number of carbonyl (C=O) groups is 1. The van der Waals surface area contributed by atoms with Crippen LogP contribution in [0.3, 0.4) is 0 Å². The van der Waals surface area contributed by atoms with Crippen molar-refractivity contribution in [3.8, 4) is 0 Å². The van der Waals surface area contributed by atoms with Crippen LogP contribution in [-0.2, 0) is 16.1 Å². The predicted molar refractivity (Wildman–Crippen MR) is 88.0 cm³/mol. The zero-order valence-corrected chi connectivity index (χ0v) is 14.4. The zero-order valence-electron chi connectivity index (χ0n) is 14.4. The van der Waals surface area contributed by atoms with E-state index in [0.29, 0.717) is 6.61 Å². The van der Waals surface area contributed by atoms with Crippen LogP contribution in [0, 0.1) is 12.8 Å². The first-order valence-corrected chi connectivity index (χ1v) is 8.68. The van der Waals surface area contributed by atoms with Crippen LogP contribution < -0.4 is 5.32 Å². The van der Waals surface area contributed by atoms with Crippen molar-refractivity contribution in [3.05, 3.63) is 23.7 Å². The van der Waals surface area contributed by atoms with Crippen LogP contribution in [0.1, 0.15) is 44.6 Å². The third-order valence-corrected chi connectivity index (χ3v) is 5.02. The van der Waals surface area contributed by atoms with Crippen LogP contribution in [0.2, 0.25) is 0 Å². The van der Waals surface area contributed by atoms with Gasteiger partial charge in [-0.15, -0.1) is 0 Å². The molecule has 5 nitrogen and oxygen atoms in total. The Bertz CT molecular complexity index is 544. The molecule has 1 spiro atoms. The van der Waals surface area contributed by atoms with E-state index in [1.54, 1.807) is 0 Å². The van der Waals surface area contributed by atoms with Gasteiger partial charge in [0.15, 0.2) is 0 Å². The molecule has 128 valence electrons. The minimum absolute atomic E-state index is 0.0325. The fourth-order valence-electron chi connectivity index (χ4n) is 3.56. The van der Waals surface area contributed by atoms with E-state index in [2.05, 4.69) is 16.3 Å². The first-order chi connectivity index (χ1) is 11.0. The van der Waals surface area contributed by atoms with Crippen molar-refractivity contribution in [2.75, 3.05) is 19.7 Å². The molecule has 0 bridgehead atoms. The van der Waals surface area contributed by atoms with Gasteiger partial charge in [-0.1, -0.05) is 13.8 Å². The number of piperidine rings is 1. The Morgan fingerprint density at radius 1 is 1.39 bits per heavy atom. The molecule has 2 fully saturated rings. The maximum atomic E-state index is 11.8. The summed E-state index contributed by atoms with van der Waals surface area (Å²) in [5.74, 6) is 2.16. The van der Waals surface area contributed by atoms with E-state index >= 15 is 0 Å². The zero-order chi connectivity index (χ0) is 16.4. The summed E-state index contributed by atoms with van der Waals surface area (Å²) in [6.07, 6.45) is 3.00. The Morgan fingerprint density at radius 3 is 2.74 bits per heavy atom. The minimum atomic E-state index is -0.0372. The molecule has 1 amide bonds. The SMILES string of the molecule is Cc1ccc(CN2CCC3(CC2)C[C@@H](NC(=O)C(C)C)CO3)o1. The number of furan rings is 1. The van der Waals surface area contributed by atoms with E-state index in [-0.39, 0.29) is 23.5 Å². The number of nitrogens with one attached hydrogen (secondary N) is 1. The highest BCUT2D eigenvalue weighted by molar-refractivity contribution is 5.78. The van der Waals surface area contributed by atoms with Crippen LogP contribution >= 0.6 is 0 Å². The molecule has 0 unspecified atom stereocenters. The van der Waals surface area contributed by atoms with Crippen molar-refractivity contribution in [2.45, 2.75) is 58.2 Å². The van der Waals surface area contributed by atoms with Crippen LogP contribution in [0.5, 0.6) is 0 Å². The van der Waals surface area contributed by atoms with Crippen molar-refractivity contribution >= 4 is 5.91 Å². The molecule has 2 saturated heterocycles. The molecule has 1 N–H and O–H groups in total. The van der Waals surface area contributed by atoms with E-state index in [0.717, 1.165) is 50.4 Å². The second-order valence-electron chi connectivity index (χ2n) is 7.35. The van der Waals surface area contributed by atoms with E-state index in [1.807, 2.05) is 26.8 Å². The summed E-state index contributed by atoms with van der Waals surface area (Å²) in [6, 6.07) is 4.25. The van der Waals surface area contributed by atoms with Gasteiger partial charge in [0.1, 0.15) is 11.5 Å². The van der Waals surface area contributed by atoms with Crippen molar-refractivity contribution in [1.29, 1.82) is 0 Å². The lowest BCUT2D eigenvalue weighted by Crippen LogP contribution is -2.45.